The first-order valence-corrected chi connectivity index (χ1v) is 14.1. The van der Waals surface area contributed by atoms with Crippen LogP contribution >= 0.6 is 0 Å². The van der Waals surface area contributed by atoms with Crippen LogP contribution < -0.4 is 20.7 Å². The van der Waals surface area contributed by atoms with Crippen molar-refractivity contribution in [2.24, 2.45) is 5.92 Å². The molecule has 2 aromatic rings. The molecule has 214 valence electrons. The first-order valence-electron chi connectivity index (χ1n) is 14.1. The average Bonchev–Trinajstić information content (AvgIpc) is 3.83. The zero-order valence-electron chi connectivity index (χ0n) is 23.2. The van der Waals surface area contributed by atoms with Crippen molar-refractivity contribution in [2.45, 2.75) is 76.1 Å². The fourth-order valence-corrected chi connectivity index (χ4v) is 5.05. The van der Waals surface area contributed by atoms with Gasteiger partial charge in [0.15, 0.2) is 5.78 Å². The van der Waals surface area contributed by atoms with Crippen molar-refractivity contribution in [3.8, 4) is 5.75 Å². The molecule has 4 atom stereocenters. The zero-order chi connectivity index (χ0) is 28.5. The molecule has 3 N–H and O–H groups in total. The molecule has 1 heterocycles. The summed E-state index contributed by atoms with van der Waals surface area (Å²) in [5.41, 5.74) is 1.70. The van der Waals surface area contributed by atoms with Gasteiger partial charge >= 0.3 is 0 Å². The maximum atomic E-state index is 13.6. The number of benzene rings is 2. The van der Waals surface area contributed by atoms with Crippen molar-refractivity contribution in [1.82, 2.24) is 16.0 Å². The van der Waals surface area contributed by atoms with Gasteiger partial charge in [0.2, 0.25) is 17.7 Å². The van der Waals surface area contributed by atoms with Gasteiger partial charge < -0.3 is 25.4 Å². The number of methoxy groups -OCH3 is 1. The highest BCUT2D eigenvalue weighted by molar-refractivity contribution is 5.96. The highest BCUT2D eigenvalue weighted by Gasteiger charge is 2.38. The van der Waals surface area contributed by atoms with Crippen LogP contribution in [0.2, 0.25) is 0 Å². The zero-order valence-corrected chi connectivity index (χ0v) is 23.2. The lowest BCUT2D eigenvalue weighted by atomic mass is 9.88. The number of carbonyl (C=O) groups excluding carboxylic acids is 4. The first kappa shape index (κ1) is 29.3. The van der Waals surface area contributed by atoms with Gasteiger partial charge in [-0.2, -0.15) is 0 Å². The van der Waals surface area contributed by atoms with Crippen LogP contribution in [0.15, 0.2) is 54.6 Å². The number of hydrogen-bond donors (Lipinski definition) is 3. The Morgan fingerprint density at radius 3 is 2.05 bits per heavy atom. The monoisotopic (exact) mass is 549 g/mol. The van der Waals surface area contributed by atoms with Gasteiger partial charge in [-0.3, -0.25) is 19.2 Å². The highest BCUT2D eigenvalue weighted by atomic mass is 16.6. The predicted molar refractivity (Wildman–Crippen MR) is 150 cm³/mol. The van der Waals surface area contributed by atoms with Crippen LogP contribution in [0.25, 0.3) is 0 Å². The molecule has 1 saturated carbocycles. The third-order valence-electron chi connectivity index (χ3n) is 7.55. The van der Waals surface area contributed by atoms with E-state index in [9.17, 15) is 19.2 Å². The molecule has 0 aromatic heterocycles. The lowest BCUT2D eigenvalue weighted by Gasteiger charge is -2.26. The van der Waals surface area contributed by atoms with Crippen molar-refractivity contribution in [3.63, 3.8) is 0 Å². The summed E-state index contributed by atoms with van der Waals surface area (Å²) >= 11 is 0. The van der Waals surface area contributed by atoms with Crippen LogP contribution in [0.4, 0.5) is 0 Å². The Morgan fingerprint density at radius 2 is 1.43 bits per heavy atom. The molecular formula is C31H39N3O6. The number of amides is 3. The minimum Gasteiger partial charge on any atom is -0.497 e. The minimum absolute atomic E-state index is 0.0863. The van der Waals surface area contributed by atoms with Crippen LogP contribution in [0.1, 0.15) is 50.2 Å². The Morgan fingerprint density at radius 1 is 0.825 bits per heavy atom. The highest BCUT2D eigenvalue weighted by Crippen LogP contribution is 2.23. The Kier molecular flexibility index (Phi) is 10.3. The van der Waals surface area contributed by atoms with Crippen LogP contribution in [-0.4, -0.2) is 61.5 Å². The number of carbonyl (C=O) groups is 4. The molecule has 1 saturated heterocycles. The molecule has 2 aromatic carbocycles. The molecule has 40 heavy (non-hydrogen) atoms. The van der Waals surface area contributed by atoms with Crippen molar-refractivity contribution in [2.75, 3.05) is 13.7 Å². The molecule has 0 bridgehead atoms. The van der Waals surface area contributed by atoms with E-state index in [2.05, 4.69) is 16.0 Å². The Balaban J connectivity index is 1.47. The maximum Gasteiger partial charge on any atom is 0.243 e. The van der Waals surface area contributed by atoms with Crippen molar-refractivity contribution in [1.29, 1.82) is 0 Å². The molecule has 1 aliphatic carbocycles. The summed E-state index contributed by atoms with van der Waals surface area (Å²) < 4.78 is 10.4. The van der Waals surface area contributed by atoms with Gasteiger partial charge in [-0.05, 0) is 49.4 Å². The normalized spacial score (nSPS) is 19.0. The van der Waals surface area contributed by atoms with E-state index in [0.717, 1.165) is 43.2 Å². The Labute approximate surface area is 235 Å². The third kappa shape index (κ3) is 8.39. The summed E-state index contributed by atoms with van der Waals surface area (Å²) in [5.74, 6) is -0.682. The quantitative estimate of drug-likeness (QED) is 0.330. The number of ether oxygens (including phenoxy) is 2. The van der Waals surface area contributed by atoms with Gasteiger partial charge in [-0.15, -0.1) is 0 Å². The van der Waals surface area contributed by atoms with E-state index in [-0.39, 0.29) is 24.0 Å². The van der Waals surface area contributed by atoms with E-state index >= 15 is 0 Å². The summed E-state index contributed by atoms with van der Waals surface area (Å²) in [6.45, 7) is 1.95. The van der Waals surface area contributed by atoms with Crippen LogP contribution in [0.5, 0.6) is 5.75 Å². The summed E-state index contributed by atoms with van der Waals surface area (Å²) in [6.07, 6.45) is 4.77. The summed E-state index contributed by atoms with van der Waals surface area (Å²) in [4.78, 5) is 52.5. The Hall–Kier alpha value is -3.72. The van der Waals surface area contributed by atoms with Gasteiger partial charge in [-0.1, -0.05) is 61.7 Å². The van der Waals surface area contributed by atoms with Gasteiger partial charge in [-0.25, -0.2) is 0 Å². The van der Waals surface area contributed by atoms with E-state index in [4.69, 9.17) is 9.47 Å². The van der Waals surface area contributed by atoms with E-state index in [1.807, 2.05) is 42.5 Å². The molecule has 0 radical (unpaired) electrons. The van der Waals surface area contributed by atoms with Crippen LogP contribution in [-0.2, 0) is 36.8 Å². The fourth-order valence-electron chi connectivity index (χ4n) is 5.05. The van der Waals surface area contributed by atoms with Crippen LogP contribution in [0.3, 0.4) is 0 Å². The second-order valence-electron chi connectivity index (χ2n) is 10.7. The summed E-state index contributed by atoms with van der Waals surface area (Å²) in [7, 11) is 1.57. The third-order valence-corrected chi connectivity index (χ3v) is 7.55. The topological polar surface area (TPSA) is 126 Å². The predicted octanol–water partition coefficient (Wildman–Crippen LogP) is 2.50. The van der Waals surface area contributed by atoms with Crippen LogP contribution in [0, 0.1) is 5.92 Å². The van der Waals surface area contributed by atoms with Gasteiger partial charge in [0.05, 0.1) is 19.8 Å². The lowest BCUT2D eigenvalue weighted by molar-refractivity contribution is -0.134. The number of ketones is 1. The number of epoxide rings is 1. The van der Waals surface area contributed by atoms with Crippen molar-refractivity contribution in [3.05, 3.63) is 65.7 Å². The first-order chi connectivity index (χ1) is 19.3. The van der Waals surface area contributed by atoms with E-state index in [1.54, 1.807) is 26.2 Å². The molecule has 3 amide bonds. The van der Waals surface area contributed by atoms with Crippen molar-refractivity contribution >= 4 is 23.5 Å². The van der Waals surface area contributed by atoms with E-state index in [0.29, 0.717) is 18.8 Å². The van der Waals surface area contributed by atoms with E-state index in [1.165, 1.54) is 0 Å². The Bertz CT molecular complexity index is 1160. The van der Waals surface area contributed by atoms with Crippen molar-refractivity contribution < 1.29 is 28.7 Å². The standard InChI is InChI=1S/C31H39N3O6/c1-20(32-30(37)23-11-7-4-8-12-23)29(36)34-26(18-22-13-15-24(39-2)16-14-22)31(38)33-25(28(35)27-19-40-27)17-21-9-5-3-6-10-21/h3,5-6,9-10,13-16,20,23,25-27H,4,7-8,11-12,17-19H2,1-2H3,(H,32,37)(H,33,38)(H,34,36)/t20-,25+,26+,27-/m1/s1. The fraction of sp³-hybridized carbons (Fsp3) is 0.484. The SMILES string of the molecule is COc1ccc(C[C@H](NC(=O)[C@@H](C)NC(=O)C2CCCCC2)C(=O)N[C@@H](Cc2ccccc2)C(=O)[C@H]2CO2)cc1. The van der Waals surface area contributed by atoms with E-state index < -0.39 is 36.0 Å². The molecule has 2 aliphatic rings. The number of Topliss-reactive ketones (excluding diaryl/α,β-unsaturated/α-hetero) is 1. The van der Waals surface area contributed by atoms with Gasteiger partial charge in [0.25, 0.3) is 0 Å². The minimum atomic E-state index is -0.971. The maximum absolute atomic E-state index is 13.6. The van der Waals surface area contributed by atoms with Gasteiger partial charge in [0.1, 0.15) is 23.9 Å². The number of rotatable bonds is 13. The molecule has 1 aliphatic heterocycles. The smallest absolute Gasteiger partial charge is 0.243 e. The molecule has 0 unspecified atom stereocenters. The lowest BCUT2D eigenvalue weighted by Crippen LogP contribution is -2.56. The second-order valence-corrected chi connectivity index (χ2v) is 10.7. The summed E-state index contributed by atoms with van der Waals surface area (Å²) in [5, 5.41) is 8.50. The summed E-state index contributed by atoms with van der Waals surface area (Å²) in [6, 6.07) is 14.1. The molecule has 9 heteroatoms. The second kappa shape index (κ2) is 14.1. The number of hydrogen-bond acceptors (Lipinski definition) is 6. The molecular weight excluding hydrogens is 510 g/mol. The molecule has 9 nitrogen and oxygen atoms in total. The largest absolute Gasteiger partial charge is 0.497 e. The average molecular weight is 550 g/mol. The molecule has 0 spiro atoms. The molecule has 4 rings (SSSR count). The molecule has 2 fully saturated rings. The number of nitrogens with one attached hydrogen (secondary N) is 3. The van der Waals surface area contributed by atoms with Gasteiger partial charge in [0, 0.05) is 12.3 Å².